The van der Waals surface area contributed by atoms with E-state index < -0.39 is 8.32 Å². The van der Waals surface area contributed by atoms with Gasteiger partial charge in [0.25, 0.3) is 8.32 Å². The van der Waals surface area contributed by atoms with Crippen molar-refractivity contribution in [2.45, 2.75) is 38.8 Å². The minimum Gasteiger partial charge on any atom is -0.404 e. The van der Waals surface area contributed by atoms with E-state index in [1.165, 1.54) is 10.4 Å². The van der Waals surface area contributed by atoms with Crippen LogP contribution in [0.5, 0.6) is 0 Å². The zero-order valence-corrected chi connectivity index (χ0v) is 15.6. The average Bonchev–Trinajstić information content (AvgIpc) is 2.52. The van der Waals surface area contributed by atoms with Gasteiger partial charge in [-0.1, -0.05) is 81.4 Å². The minimum absolute atomic E-state index is 0.00995. The Morgan fingerprint density at radius 3 is 1.64 bits per heavy atom. The van der Waals surface area contributed by atoms with Crippen LogP contribution < -0.4 is 10.4 Å². The molecular weight excluding hydrogens is 308 g/mol. The van der Waals surface area contributed by atoms with Gasteiger partial charge in [0, 0.05) is 5.88 Å². The molecule has 118 valence electrons. The topological polar surface area (TPSA) is 9.23 Å². The van der Waals surface area contributed by atoms with E-state index in [1.807, 2.05) is 0 Å². The molecule has 0 N–H and O–H groups in total. The maximum Gasteiger partial charge on any atom is 0.261 e. The molecule has 0 spiro atoms. The molecule has 0 aliphatic heterocycles. The van der Waals surface area contributed by atoms with Crippen molar-refractivity contribution in [2.75, 3.05) is 5.88 Å². The summed E-state index contributed by atoms with van der Waals surface area (Å²) in [6.45, 7) is 8.90. The van der Waals surface area contributed by atoms with Crippen molar-refractivity contribution in [3.8, 4) is 0 Å². The third kappa shape index (κ3) is 3.29. The lowest BCUT2D eigenvalue weighted by molar-refractivity contribution is 0.229. The van der Waals surface area contributed by atoms with Gasteiger partial charge in [0.1, 0.15) is 0 Å². The molecule has 0 aromatic heterocycles. The molecule has 0 saturated heterocycles. The molecule has 2 aromatic carbocycles. The smallest absolute Gasteiger partial charge is 0.261 e. The molecule has 1 unspecified atom stereocenters. The first-order valence-electron chi connectivity index (χ1n) is 7.76. The average molecular weight is 333 g/mol. The maximum absolute atomic E-state index is 6.73. The van der Waals surface area contributed by atoms with Crippen LogP contribution in [0, 0.1) is 0 Å². The highest BCUT2D eigenvalue weighted by Crippen LogP contribution is 2.37. The van der Waals surface area contributed by atoms with E-state index in [-0.39, 0.29) is 11.1 Å². The van der Waals surface area contributed by atoms with Crippen molar-refractivity contribution < 1.29 is 4.43 Å². The van der Waals surface area contributed by atoms with Gasteiger partial charge in [0.15, 0.2) is 0 Å². The number of halogens is 1. The predicted octanol–water partition coefficient (Wildman–Crippen LogP) is 4.19. The molecule has 3 heteroatoms. The summed E-state index contributed by atoms with van der Waals surface area (Å²) in [5.74, 6) is 0.504. The molecule has 2 aromatic rings. The summed E-state index contributed by atoms with van der Waals surface area (Å²) in [5, 5.41) is 2.60. The van der Waals surface area contributed by atoms with Gasteiger partial charge in [-0.2, -0.15) is 0 Å². The first kappa shape index (κ1) is 17.3. The van der Waals surface area contributed by atoms with Crippen LogP contribution in [0.25, 0.3) is 0 Å². The number of rotatable bonds is 5. The van der Waals surface area contributed by atoms with Crippen molar-refractivity contribution in [2.24, 2.45) is 0 Å². The van der Waals surface area contributed by atoms with Crippen LogP contribution in [0.2, 0.25) is 5.04 Å². The lowest BCUT2D eigenvalue weighted by Crippen LogP contribution is -2.67. The van der Waals surface area contributed by atoms with Crippen LogP contribution in [0.3, 0.4) is 0 Å². The van der Waals surface area contributed by atoms with E-state index in [2.05, 4.69) is 88.4 Å². The molecule has 0 fully saturated rings. The van der Waals surface area contributed by atoms with Crippen LogP contribution >= 0.6 is 11.6 Å². The molecule has 0 aliphatic rings. The highest BCUT2D eigenvalue weighted by molar-refractivity contribution is 6.99. The molecule has 0 bridgehead atoms. The van der Waals surface area contributed by atoms with Crippen molar-refractivity contribution in [3.05, 3.63) is 60.7 Å². The summed E-state index contributed by atoms with van der Waals surface area (Å²) < 4.78 is 6.73. The third-order valence-electron chi connectivity index (χ3n) is 4.01. The van der Waals surface area contributed by atoms with Gasteiger partial charge in [-0.25, -0.2) is 0 Å². The molecular formula is C19H25ClOSi. The Morgan fingerprint density at radius 1 is 0.909 bits per heavy atom. The summed E-state index contributed by atoms with van der Waals surface area (Å²) >= 11 is 6.08. The summed E-state index contributed by atoms with van der Waals surface area (Å²) in [7, 11) is -2.42. The number of alkyl halides is 1. The van der Waals surface area contributed by atoms with Crippen LogP contribution in [0.1, 0.15) is 27.7 Å². The second-order valence-corrected chi connectivity index (χ2v) is 11.3. The number of hydrogen-bond acceptors (Lipinski definition) is 1. The first-order chi connectivity index (χ1) is 10.4. The molecule has 1 atom stereocenters. The second-order valence-electron chi connectivity index (χ2n) is 6.75. The fourth-order valence-corrected chi connectivity index (χ4v) is 7.89. The molecule has 0 aliphatic carbocycles. The van der Waals surface area contributed by atoms with E-state index in [9.17, 15) is 0 Å². The van der Waals surface area contributed by atoms with E-state index in [1.54, 1.807) is 0 Å². The molecule has 1 nitrogen and oxygen atoms in total. The Bertz CT molecular complexity index is 538. The van der Waals surface area contributed by atoms with E-state index in [0.717, 1.165) is 0 Å². The maximum atomic E-state index is 6.73. The molecule has 0 saturated carbocycles. The van der Waals surface area contributed by atoms with Gasteiger partial charge < -0.3 is 4.43 Å². The highest BCUT2D eigenvalue weighted by Gasteiger charge is 2.50. The van der Waals surface area contributed by atoms with E-state index in [0.29, 0.717) is 5.88 Å². The Labute approximate surface area is 140 Å². The summed E-state index contributed by atoms with van der Waals surface area (Å²) in [6.07, 6.45) is 0.0213. The van der Waals surface area contributed by atoms with Gasteiger partial charge in [0.05, 0.1) is 6.10 Å². The molecule has 22 heavy (non-hydrogen) atoms. The normalized spacial score (nSPS) is 13.9. The van der Waals surface area contributed by atoms with Crippen LogP contribution in [-0.2, 0) is 4.43 Å². The Kier molecular flexibility index (Phi) is 5.49. The van der Waals surface area contributed by atoms with Crippen LogP contribution in [0.15, 0.2) is 60.7 Å². The second kappa shape index (κ2) is 6.99. The van der Waals surface area contributed by atoms with Gasteiger partial charge in [-0.05, 0) is 22.3 Å². The quantitative estimate of drug-likeness (QED) is 0.589. The Balaban J connectivity index is 2.70. The Hall–Kier alpha value is -1.09. The van der Waals surface area contributed by atoms with Gasteiger partial charge in [-0.3, -0.25) is 0 Å². The van der Waals surface area contributed by atoms with Crippen molar-refractivity contribution in [1.29, 1.82) is 0 Å². The highest BCUT2D eigenvalue weighted by atomic mass is 35.5. The molecule has 0 amide bonds. The Morgan fingerprint density at radius 2 is 1.32 bits per heavy atom. The molecule has 2 rings (SSSR count). The molecule has 0 radical (unpaired) electrons. The number of hydrogen-bond donors (Lipinski definition) is 0. The lowest BCUT2D eigenvalue weighted by atomic mass is 10.2. The number of benzene rings is 2. The monoisotopic (exact) mass is 332 g/mol. The van der Waals surface area contributed by atoms with E-state index >= 15 is 0 Å². The fraction of sp³-hybridized carbons (Fsp3) is 0.368. The largest absolute Gasteiger partial charge is 0.404 e. The molecule has 0 heterocycles. The van der Waals surface area contributed by atoms with Crippen LogP contribution in [-0.4, -0.2) is 20.3 Å². The predicted molar refractivity (Wildman–Crippen MR) is 98.9 cm³/mol. The lowest BCUT2D eigenvalue weighted by Gasteiger charge is -2.44. The van der Waals surface area contributed by atoms with Crippen LogP contribution in [0.4, 0.5) is 0 Å². The summed E-state index contributed by atoms with van der Waals surface area (Å²) in [6, 6.07) is 21.3. The third-order valence-corrected chi connectivity index (χ3v) is 9.61. The summed E-state index contributed by atoms with van der Waals surface area (Å²) in [5.41, 5.74) is 0. The van der Waals surface area contributed by atoms with Crippen molar-refractivity contribution in [1.82, 2.24) is 0 Å². The zero-order valence-electron chi connectivity index (χ0n) is 13.8. The zero-order chi connectivity index (χ0) is 16.2. The van der Waals surface area contributed by atoms with Crippen molar-refractivity contribution >= 4 is 30.3 Å². The standard InChI is InChI=1S/C19H25ClOSi/c1-16(15-20)21-22(19(2,3)4,17-11-7-5-8-12-17)18-13-9-6-10-14-18/h5-14,16H,15H2,1-4H3. The van der Waals surface area contributed by atoms with Gasteiger partial charge in [-0.15, -0.1) is 11.6 Å². The van der Waals surface area contributed by atoms with E-state index in [4.69, 9.17) is 16.0 Å². The minimum atomic E-state index is -2.42. The van der Waals surface area contributed by atoms with Gasteiger partial charge >= 0.3 is 0 Å². The SMILES string of the molecule is CC(CCl)O[Si](c1ccccc1)(c1ccccc1)C(C)(C)C. The van der Waals surface area contributed by atoms with Gasteiger partial charge in [0.2, 0.25) is 0 Å². The summed E-state index contributed by atoms with van der Waals surface area (Å²) in [4.78, 5) is 0. The van der Waals surface area contributed by atoms with Crippen molar-refractivity contribution in [3.63, 3.8) is 0 Å². The first-order valence-corrected chi connectivity index (χ1v) is 10.2. The fourth-order valence-electron chi connectivity index (χ4n) is 3.02.